The Hall–Kier alpha value is -2.49. The number of amides is 1. The summed E-state index contributed by atoms with van der Waals surface area (Å²) in [5.74, 6) is 2.53. The van der Waals surface area contributed by atoms with E-state index in [9.17, 15) is 4.79 Å². The van der Waals surface area contributed by atoms with E-state index in [1.165, 1.54) is 0 Å². The van der Waals surface area contributed by atoms with E-state index in [1.54, 1.807) is 0 Å². The predicted molar refractivity (Wildman–Crippen MR) is 140 cm³/mol. The van der Waals surface area contributed by atoms with E-state index in [0.29, 0.717) is 38.1 Å². The van der Waals surface area contributed by atoms with Crippen LogP contribution in [0.1, 0.15) is 39.2 Å². The molecule has 0 unspecified atom stereocenters. The van der Waals surface area contributed by atoms with E-state index < -0.39 is 0 Å². The third-order valence-corrected chi connectivity index (χ3v) is 4.58. The molecule has 0 radical (unpaired) electrons. The first-order valence-corrected chi connectivity index (χ1v) is 10.9. The van der Waals surface area contributed by atoms with Crippen LogP contribution >= 0.6 is 24.0 Å². The molecule has 1 aliphatic rings. The van der Waals surface area contributed by atoms with Crippen molar-refractivity contribution in [2.45, 2.75) is 40.2 Å². The molecule has 1 aliphatic heterocycles. The van der Waals surface area contributed by atoms with Gasteiger partial charge in [-0.15, -0.1) is 24.0 Å². The highest BCUT2D eigenvalue weighted by Crippen LogP contribution is 2.32. The molecule has 2 aromatic rings. The van der Waals surface area contributed by atoms with Gasteiger partial charge in [0.2, 0.25) is 5.91 Å². The standard InChI is InChI=1S/C24H32N4O3.HI/c1-4-25-24(28-20-9-10-21-22(15-20)31-12-6-11-30-21)26-16-18-7-5-8-19(14-18)27-23(29)13-17(2)3;/h5,7-10,14-15,17H,4,6,11-13,16H2,1-3H3,(H,27,29)(H2,25,26,28);1H. The Bertz CT molecular complexity index is 918. The molecule has 0 aliphatic carbocycles. The quantitative estimate of drug-likeness (QED) is 0.255. The number of anilines is 2. The second-order valence-electron chi connectivity index (χ2n) is 7.88. The van der Waals surface area contributed by atoms with Gasteiger partial charge in [0.05, 0.1) is 19.8 Å². The van der Waals surface area contributed by atoms with Crippen molar-refractivity contribution in [3.8, 4) is 11.5 Å². The molecule has 0 saturated carbocycles. The number of guanidine groups is 1. The van der Waals surface area contributed by atoms with E-state index >= 15 is 0 Å². The number of nitrogens with one attached hydrogen (secondary N) is 3. The maximum absolute atomic E-state index is 12.0. The van der Waals surface area contributed by atoms with E-state index in [4.69, 9.17) is 9.47 Å². The number of nitrogens with zero attached hydrogens (tertiary/aromatic N) is 1. The van der Waals surface area contributed by atoms with Crippen LogP contribution < -0.4 is 25.4 Å². The first-order chi connectivity index (χ1) is 15.0. The lowest BCUT2D eigenvalue weighted by atomic mass is 10.1. The van der Waals surface area contributed by atoms with Crippen LogP contribution in [0, 0.1) is 5.92 Å². The monoisotopic (exact) mass is 552 g/mol. The fourth-order valence-corrected chi connectivity index (χ4v) is 3.19. The molecule has 3 rings (SSSR count). The van der Waals surface area contributed by atoms with E-state index in [2.05, 4.69) is 20.9 Å². The first kappa shape index (κ1) is 25.8. The number of ether oxygens (including phenoxy) is 2. The van der Waals surface area contributed by atoms with E-state index in [-0.39, 0.29) is 29.9 Å². The van der Waals surface area contributed by atoms with Gasteiger partial charge < -0.3 is 25.4 Å². The second-order valence-corrected chi connectivity index (χ2v) is 7.88. The molecule has 0 atom stereocenters. The summed E-state index contributed by atoms with van der Waals surface area (Å²) in [6, 6.07) is 13.6. The third kappa shape index (κ3) is 8.22. The van der Waals surface area contributed by atoms with Gasteiger partial charge in [-0.3, -0.25) is 4.79 Å². The Morgan fingerprint density at radius 1 is 1.03 bits per heavy atom. The lowest BCUT2D eigenvalue weighted by molar-refractivity contribution is -0.116. The molecular weight excluding hydrogens is 519 g/mol. The summed E-state index contributed by atoms with van der Waals surface area (Å²) in [6.07, 6.45) is 1.38. The summed E-state index contributed by atoms with van der Waals surface area (Å²) in [4.78, 5) is 16.7. The topological polar surface area (TPSA) is 84.0 Å². The minimum Gasteiger partial charge on any atom is -0.490 e. The smallest absolute Gasteiger partial charge is 0.224 e. The summed E-state index contributed by atoms with van der Waals surface area (Å²) in [5, 5.41) is 9.54. The van der Waals surface area contributed by atoms with Crippen LogP contribution in [0.25, 0.3) is 0 Å². The lowest BCUT2D eigenvalue weighted by Gasteiger charge is -2.14. The van der Waals surface area contributed by atoms with Gasteiger partial charge in [-0.1, -0.05) is 26.0 Å². The normalized spacial score (nSPS) is 13.1. The molecule has 7 nitrogen and oxygen atoms in total. The van der Waals surface area contributed by atoms with Crippen LogP contribution in [0.5, 0.6) is 11.5 Å². The SMILES string of the molecule is CCNC(=NCc1cccc(NC(=O)CC(C)C)c1)Nc1ccc2c(c1)OCCCO2.I. The molecule has 1 heterocycles. The minimum atomic E-state index is 0. The lowest BCUT2D eigenvalue weighted by Crippen LogP contribution is -2.30. The van der Waals surface area contributed by atoms with Crippen molar-refractivity contribution < 1.29 is 14.3 Å². The highest BCUT2D eigenvalue weighted by atomic mass is 127. The molecule has 0 saturated heterocycles. The Kier molecular flexibility index (Phi) is 10.6. The van der Waals surface area contributed by atoms with Gasteiger partial charge in [0, 0.05) is 36.8 Å². The zero-order valence-corrected chi connectivity index (χ0v) is 21.3. The summed E-state index contributed by atoms with van der Waals surface area (Å²) in [7, 11) is 0. The molecule has 1 amide bonds. The number of benzene rings is 2. The van der Waals surface area contributed by atoms with Crippen molar-refractivity contribution in [2.75, 3.05) is 30.4 Å². The molecule has 3 N–H and O–H groups in total. The summed E-state index contributed by atoms with van der Waals surface area (Å²) in [5.41, 5.74) is 2.68. The van der Waals surface area contributed by atoms with Crippen LogP contribution in [0.4, 0.5) is 11.4 Å². The van der Waals surface area contributed by atoms with E-state index in [0.717, 1.165) is 41.4 Å². The van der Waals surface area contributed by atoms with Gasteiger partial charge in [0.15, 0.2) is 17.5 Å². The van der Waals surface area contributed by atoms with Gasteiger partial charge in [0.1, 0.15) is 0 Å². The number of carbonyl (C=O) groups is 1. The van der Waals surface area contributed by atoms with E-state index in [1.807, 2.05) is 63.2 Å². The molecule has 0 fully saturated rings. The Labute approximate surface area is 207 Å². The Balaban J connectivity index is 0.00000363. The minimum absolute atomic E-state index is 0. The van der Waals surface area contributed by atoms with Gasteiger partial charge >= 0.3 is 0 Å². The average Bonchev–Trinajstić information content (AvgIpc) is 2.97. The molecule has 2 aromatic carbocycles. The molecule has 0 aromatic heterocycles. The van der Waals surface area contributed by atoms with Crippen molar-refractivity contribution in [1.29, 1.82) is 0 Å². The van der Waals surface area contributed by atoms with Gasteiger partial charge in [-0.05, 0) is 42.7 Å². The van der Waals surface area contributed by atoms with Crippen molar-refractivity contribution in [3.63, 3.8) is 0 Å². The van der Waals surface area contributed by atoms with Gasteiger partial charge in [0.25, 0.3) is 0 Å². The predicted octanol–water partition coefficient (Wildman–Crippen LogP) is 5.03. The number of aliphatic imine (C=N–C) groups is 1. The van der Waals surface area contributed by atoms with Gasteiger partial charge in [-0.2, -0.15) is 0 Å². The molecule has 0 spiro atoms. The number of halogens is 1. The van der Waals surface area contributed by atoms with Crippen LogP contribution in [-0.2, 0) is 11.3 Å². The van der Waals surface area contributed by atoms with Crippen molar-refractivity contribution >= 4 is 47.2 Å². The number of fused-ring (bicyclic) bond motifs is 1. The number of carbonyl (C=O) groups excluding carboxylic acids is 1. The number of hydrogen-bond donors (Lipinski definition) is 3. The first-order valence-electron chi connectivity index (χ1n) is 10.9. The third-order valence-electron chi connectivity index (χ3n) is 4.58. The van der Waals surface area contributed by atoms with Crippen LogP contribution in [0.3, 0.4) is 0 Å². The molecule has 174 valence electrons. The number of rotatable bonds is 7. The summed E-state index contributed by atoms with van der Waals surface area (Å²) >= 11 is 0. The molecule has 0 bridgehead atoms. The molecule has 8 heteroatoms. The van der Waals surface area contributed by atoms with Crippen LogP contribution in [-0.4, -0.2) is 31.6 Å². The zero-order chi connectivity index (χ0) is 22.1. The van der Waals surface area contributed by atoms with Crippen molar-refractivity contribution in [3.05, 3.63) is 48.0 Å². The maximum atomic E-state index is 12.0. The summed E-state index contributed by atoms with van der Waals surface area (Å²) in [6.45, 7) is 8.62. The zero-order valence-electron chi connectivity index (χ0n) is 18.9. The fraction of sp³-hybridized carbons (Fsp3) is 0.417. The molecule has 32 heavy (non-hydrogen) atoms. The average molecular weight is 552 g/mol. The van der Waals surface area contributed by atoms with Crippen molar-refractivity contribution in [1.82, 2.24) is 5.32 Å². The highest BCUT2D eigenvalue weighted by molar-refractivity contribution is 14.0. The maximum Gasteiger partial charge on any atom is 0.224 e. The Morgan fingerprint density at radius 2 is 1.78 bits per heavy atom. The number of hydrogen-bond acceptors (Lipinski definition) is 4. The highest BCUT2D eigenvalue weighted by Gasteiger charge is 2.11. The van der Waals surface area contributed by atoms with Gasteiger partial charge in [-0.25, -0.2) is 4.99 Å². The Morgan fingerprint density at radius 3 is 2.53 bits per heavy atom. The van der Waals surface area contributed by atoms with Crippen LogP contribution in [0.15, 0.2) is 47.5 Å². The second kappa shape index (κ2) is 13.1. The fourth-order valence-electron chi connectivity index (χ4n) is 3.19. The summed E-state index contributed by atoms with van der Waals surface area (Å²) < 4.78 is 11.5. The van der Waals surface area contributed by atoms with Crippen LogP contribution in [0.2, 0.25) is 0 Å². The largest absolute Gasteiger partial charge is 0.490 e. The van der Waals surface area contributed by atoms with Crippen molar-refractivity contribution in [2.24, 2.45) is 10.9 Å². The molecular formula is C24H33IN4O3.